The lowest BCUT2D eigenvalue weighted by molar-refractivity contribution is 0.0954. The molecular weight excluding hydrogens is 418 g/mol. The molecule has 0 fully saturated rings. The van der Waals surface area contributed by atoms with E-state index in [0.29, 0.717) is 30.0 Å². The predicted molar refractivity (Wildman–Crippen MR) is 127 cm³/mol. The fourth-order valence-corrected chi connectivity index (χ4v) is 3.53. The lowest BCUT2D eigenvalue weighted by Gasteiger charge is -2.09. The topological polar surface area (TPSA) is 77.8 Å². The van der Waals surface area contributed by atoms with E-state index < -0.39 is 0 Å². The summed E-state index contributed by atoms with van der Waals surface area (Å²) < 4.78 is 16.3. The van der Waals surface area contributed by atoms with Gasteiger partial charge >= 0.3 is 5.63 Å². The lowest BCUT2D eigenvalue weighted by Crippen LogP contribution is -2.25. The molecule has 0 aliphatic rings. The number of rotatable bonds is 8. The van der Waals surface area contributed by atoms with Gasteiger partial charge in [-0.1, -0.05) is 24.3 Å². The van der Waals surface area contributed by atoms with E-state index in [1.54, 1.807) is 25.3 Å². The first-order chi connectivity index (χ1) is 16.0. The highest BCUT2D eigenvalue weighted by molar-refractivity contribution is 5.94. The number of carbonyl (C=O) groups is 1. The maximum atomic E-state index is 12.4. The zero-order chi connectivity index (χ0) is 23.2. The van der Waals surface area contributed by atoms with Crippen LogP contribution in [-0.2, 0) is 13.0 Å². The van der Waals surface area contributed by atoms with Gasteiger partial charge in [-0.25, -0.2) is 4.79 Å². The van der Waals surface area contributed by atoms with Gasteiger partial charge < -0.3 is 19.2 Å². The van der Waals surface area contributed by atoms with Crippen LogP contribution >= 0.6 is 0 Å². The van der Waals surface area contributed by atoms with Crippen LogP contribution in [0.3, 0.4) is 0 Å². The molecule has 6 nitrogen and oxygen atoms in total. The van der Waals surface area contributed by atoms with Gasteiger partial charge in [-0.2, -0.15) is 0 Å². The first-order valence-electron chi connectivity index (χ1n) is 10.7. The second-order valence-electron chi connectivity index (χ2n) is 7.75. The molecule has 0 bridgehead atoms. The van der Waals surface area contributed by atoms with Gasteiger partial charge in [0.2, 0.25) is 0 Å². The Morgan fingerprint density at radius 2 is 1.61 bits per heavy atom. The van der Waals surface area contributed by atoms with Gasteiger partial charge in [-0.15, -0.1) is 0 Å². The Labute approximate surface area is 191 Å². The molecule has 0 saturated heterocycles. The predicted octanol–water partition coefficient (Wildman–Crippen LogP) is 4.66. The summed E-state index contributed by atoms with van der Waals surface area (Å²) in [7, 11) is 1.64. The average molecular weight is 443 g/mol. The molecule has 6 heteroatoms. The summed E-state index contributed by atoms with van der Waals surface area (Å²) in [5.74, 6) is 1.31. The largest absolute Gasteiger partial charge is 0.497 e. The number of aryl methyl sites for hydroxylation is 1. The molecule has 4 rings (SSSR count). The number of benzene rings is 3. The number of hydrogen-bond acceptors (Lipinski definition) is 5. The van der Waals surface area contributed by atoms with Gasteiger partial charge in [0.05, 0.1) is 7.11 Å². The molecule has 1 N–H and O–H groups in total. The Morgan fingerprint density at radius 1 is 0.909 bits per heavy atom. The molecule has 1 heterocycles. The molecule has 4 aromatic rings. The smallest absolute Gasteiger partial charge is 0.336 e. The monoisotopic (exact) mass is 443 g/mol. The van der Waals surface area contributed by atoms with Crippen LogP contribution in [0.15, 0.2) is 82.0 Å². The minimum Gasteiger partial charge on any atom is -0.497 e. The molecule has 0 atom stereocenters. The summed E-state index contributed by atoms with van der Waals surface area (Å²) in [6, 6.07) is 22.0. The third-order valence-corrected chi connectivity index (χ3v) is 5.40. The summed E-state index contributed by atoms with van der Waals surface area (Å²) in [5.41, 5.74) is 3.64. The van der Waals surface area contributed by atoms with Gasteiger partial charge in [-0.05, 0) is 66.4 Å². The van der Waals surface area contributed by atoms with Gasteiger partial charge in [0, 0.05) is 29.6 Å². The molecule has 0 saturated carbocycles. The van der Waals surface area contributed by atoms with E-state index >= 15 is 0 Å². The van der Waals surface area contributed by atoms with E-state index in [9.17, 15) is 9.59 Å². The number of methoxy groups -OCH3 is 1. The lowest BCUT2D eigenvalue weighted by atomic mass is 10.1. The van der Waals surface area contributed by atoms with E-state index in [1.165, 1.54) is 6.07 Å². The van der Waals surface area contributed by atoms with Crippen LogP contribution in [0.5, 0.6) is 11.5 Å². The van der Waals surface area contributed by atoms with Crippen molar-refractivity contribution in [3.05, 3.63) is 105 Å². The van der Waals surface area contributed by atoms with Crippen molar-refractivity contribution in [2.24, 2.45) is 0 Å². The van der Waals surface area contributed by atoms with Crippen molar-refractivity contribution in [3.8, 4) is 11.5 Å². The average Bonchev–Trinajstić information content (AvgIpc) is 2.83. The molecule has 0 unspecified atom stereocenters. The van der Waals surface area contributed by atoms with Crippen LogP contribution in [0.4, 0.5) is 0 Å². The second-order valence-corrected chi connectivity index (χ2v) is 7.75. The first kappa shape index (κ1) is 22.1. The van der Waals surface area contributed by atoms with Crippen LogP contribution in [-0.4, -0.2) is 19.6 Å². The van der Waals surface area contributed by atoms with Gasteiger partial charge in [0.15, 0.2) is 0 Å². The van der Waals surface area contributed by atoms with Crippen LogP contribution in [0.2, 0.25) is 0 Å². The Hall–Kier alpha value is -4.06. The molecule has 0 aliphatic carbocycles. The number of hydrogen-bond donors (Lipinski definition) is 1. The van der Waals surface area contributed by atoms with E-state index in [0.717, 1.165) is 34.2 Å². The minimum atomic E-state index is -0.380. The SMILES string of the molecule is COc1ccc(CCNC(=O)c2ccc(COc3ccc4c(C)cc(=O)oc4c3)cc2)cc1. The Bertz CT molecular complexity index is 1310. The van der Waals surface area contributed by atoms with Crippen molar-refractivity contribution >= 4 is 16.9 Å². The fourth-order valence-electron chi connectivity index (χ4n) is 3.53. The molecule has 3 aromatic carbocycles. The molecule has 33 heavy (non-hydrogen) atoms. The van der Waals surface area contributed by atoms with Crippen LogP contribution in [0.25, 0.3) is 11.0 Å². The number of ether oxygens (including phenoxy) is 2. The molecule has 0 aliphatic heterocycles. The fraction of sp³-hybridized carbons (Fsp3) is 0.185. The van der Waals surface area contributed by atoms with Crippen LogP contribution in [0.1, 0.15) is 27.0 Å². The molecule has 0 radical (unpaired) electrons. The second kappa shape index (κ2) is 10.0. The molecular formula is C27H25NO5. The van der Waals surface area contributed by atoms with E-state index in [1.807, 2.05) is 55.5 Å². The zero-order valence-corrected chi connectivity index (χ0v) is 18.6. The highest BCUT2D eigenvalue weighted by atomic mass is 16.5. The molecule has 1 amide bonds. The van der Waals surface area contributed by atoms with Crippen molar-refractivity contribution < 1.29 is 18.7 Å². The zero-order valence-electron chi connectivity index (χ0n) is 18.6. The number of fused-ring (bicyclic) bond motifs is 1. The first-order valence-corrected chi connectivity index (χ1v) is 10.7. The van der Waals surface area contributed by atoms with Crippen LogP contribution < -0.4 is 20.4 Å². The highest BCUT2D eigenvalue weighted by Crippen LogP contribution is 2.23. The van der Waals surface area contributed by atoms with E-state index in [4.69, 9.17) is 13.9 Å². The summed E-state index contributed by atoms with van der Waals surface area (Å²) in [5, 5.41) is 3.82. The van der Waals surface area contributed by atoms with Crippen molar-refractivity contribution in [3.63, 3.8) is 0 Å². The highest BCUT2D eigenvalue weighted by Gasteiger charge is 2.07. The van der Waals surface area contributed by atoms with Gasteiger partial charge in [-0.3, -0.25) is 4.79 Å². The Kier molecular flexibility index (Phi) is 6.74. The summed E-state index contributed by atoms with van der Waals surface area (Å²) in [6.45, 7) is 2.76. The quantitative estimate of drug-likeness (QED) is 0.401. The Balaban J connectivity index is 1.30. The number of nitrogens with one attached hydrogen (secondary N) is 1. The molecule has 0 spiro atoms. The van der Waals surface area contributed by atoms with Crippen molar-refractivity contribution in [1.82, 2.24) is 5.32 Å². The van der Waals surface area contributed by atoms with Gasteiger partial charge in [0.1, 0.15) is 23.7 Å². The minimum absolute atomic E-state index is 0.115. The summed E-state index contributed by atoms with van der Waals surface area (Å²) >= 11 is 0. The molecule has 1 aromatic heterocycles. The maximum absolute atomic E-state index is 12.4. The standard InChI is InChI=1S/C27H25NO5/c1-18-15-26(29)33-25-16-23(11-12-24(18)25)32-17-20-3-7-21(8-4-20)27(30)28-14-13-19-5-9-22(31-2)10-6-19/h3-12,15-16H,13-14,17H2,1-2H3,(H,28,30). The third kappa shape index (κ3) is 5.60. The third-order valence-electron chi connectivity index (χ3n) is 5.40. The van der Waals surface area contributed by atoms with Crippen molar-refractivity contribution in [2.45, 2.75) is 20.0 Å². The van der Waals surface area contributed by atoms with Crippen molar-refractivity contribution in [2.75, 3.05) is 13.7 Å². The van der Waals surface area contributed by atoms with Gasteiger partial charge in [0.25, 0.3) is 5.91 Å². The molecule has 168 valence electrons. The number of amides is 1. The Morgan fingerprint density at radius 3 is 2.33 bits per heavy atom. The van der Waals surface area contributed by atoms with Crippen LogP contribution in [0, 0.1) is 6.92 Å². The van der Waals surface area contributed by atoms with E-state index in [-0.39, 0.29) is 11.5 Å². The van der Waals surface area contributed by atoms with E-state index in [2.05, 4.69) is 5.32 Å². The summed E-state index contributed by atoms with van der Waals surface area (Å²) in [4.78, 5) is 24.0. The van der Waals surface area contributed by atoms with Crippen molar-refractivity contribution in [1.29, 1.82) is 0 Å². The number of carbonyl (C=O) groups excluding carboxylic acids is 1. The normalized spacial score (nSPS) is 10.7. The maximum Gasteiger partial charge on any atom is 0.336 e. The summed E-state index contributed by atoms with van der Waals surface area (Å²) in [6.07, 6.45) is 0.743.